The fraction of sp³-hybridized carbons (Fsp3) is 0.286. The lowest BCUT2D eigenvalue weighted by atomic mass is 10.1. The third-order valence-electron chi connectivity index (χ3n) is 2.95. The number of benzene rings is 1. The molecule has 108 valence electrons. The van der Waals surface area contributed by atoms with Gasteiger partial charge in [-0.05, 0) is 26.0 Å². The predicted molar refractivity (Wildman–Crippen MR) is 75.9 cm³/mol. The monoisotopic (exact) mass is 297 g/mol. The summed E-state index contributed by atoms with van der Waals surface area (Å²) in [6.07, 6.45) is 0. The quantitative estimate of drug-likeness (QED) is 0.818. The lowest BCUT2D eigenvalue weighted by Gasteiger charge is -2.12. The van der Waals surface area contributed by atoms with E-state index in [1.807, 2.05) is 0 Å². The molecule has 0 aliphatic heterocycles. The van der Waals surface area contributed by atoms with E-state index in [9.17, 15) is 9.59 Å². The Kier molecular flexibility index (Phi) is 5.58. The van der Waals surface area contributed by atoms with Gasteiger partial charge >= 0.3 is 5.97 Å². The maximum atomic E-state index is 11.9. The van der Waals surface area contributed by atoms with Crippen LogP contribution in [0, 0.1) is 0 Å². The summed E-state index contributed by atoms with van der Waals surface area (Å²) in [5, 5.41) is 11.9. The van der Waals surface area contributed by atoms with E-state index in [1.165, 1.54) is 21.0 Å². The van der Waals surface area contributed by atoms with E-state index in [-0.39, 0.29) is 17.7 Å². The molecule has 2 N–H and O–H groups in total. The van der Waals surface area contributed by atoms with Crippen molar-refractivity contribution in [2.75, 3.05) is 7.11 Å². The van der Waals surface area contributed by atoms with Crippen molar-refractivity contribution in [2.45, 2.75) is 20.4 Å². The number of carbonyl (C=O) groups excluding carboxylic acids is 1. The number of amides is 1. The Morgan fingerprint density at radius 2 is 1.95 bits per heavy atom. The SMILES string of the molecule is COc1cccc(Cl)c1CNC(=O)/C(C)=C(/C)C(=O)O. The van der Waals surface area contributed by atoms with Crippen LogP contribution in [0.1, 0.15) is 19.4 Å². The van der Waals surface area contributed by atoms with Crippen LogP contribution >= 0.6 is 11.6 Å². The third kappa shape index (κ3) is 3.74. The van der Waals surface area contributed by atoms with Crippen LogP contribution in [0.5, 0.6) is 5.75 Å². The van der Waals surface area contributed by atoms with Gasteiger partial charge in [-0.25, -0.2) is 4.79 Å². The van der Waals surface area contributed by atoms with Crippen LogP contribution in [0.25, 0.3) is 0 Å². The van der Waals surface area contributed by atoms with Crippen LogP contribution < -0.4 is 10.1 Å². The van der Waals surface area contributed by atoms with Crippen molar-refractivity contribution in [2.24, 2.45) is 0 Å². The average molecular weight is 298 g/mol. The molecule has 0 bridgehead atoms. The van der Waals surface area contributed by atoms with Gasteiger partial charge in [0.25, 0.3) is 0 Å². The highest BCUT2D eigenvalue weighted by Crippen LogP contribution is 2.25. The largest absolute Gasteiger partial charge is 0.496 e. The van der Waals surface area contributed by atoms with E-state index in [2.05, 4.69) is 5.32 Å². The Hall–Kier alpha value is -2.01. The number of rotatable bonds is 5. The molecule has 5 nitrogen and oxygen atoms in total. The summed E-state index contributed by atoms with van der Waals surface area (Å²) in [7, 11) is 1.51. The van der Waals surface area contributed by atoms with Gasteiger partial charge in [-0.1, -0.05) is 17.7 Å². The number of carboxylic acid groups (broad SMARTS) is 1. The minimum atomic E-state index is -1.12. The summed E-state index contributed by atoms with van der Waals surface area (Å²) < 4.78 is 5.16. The Morgan fingerprint density at radius 3 is 2.50 bits per heavy atom. The number of nitrogens with one attached hydrogen (secondary N) is 1. The number of ether oxygens (including phenoxy) is 1. The van der Waals surface area contributed by atoms with Gasteiger partial charge in [0.05, 0.1) is 7.11 Å². The molecule has 0 saturated carbocycles. The lowest BCUT2D eigenvalue weighted by molar-refractivity contribution is -0.133. The highest BCUT2D eigenvalue weighted by Gasteiger charge is 2.14. The van der Waals surface area contributed by atoms with Crippen molar-refractivity contribution in [1.29, 1.82) is 0 Å². The molecule has 0 aliphatic rings. The molecule has 0 aliphatic carbocycles. The molecular weight excluding hydrogens is 282 g/mol. The fourth-order valence-corrected chi connectivity index (χ4v) is 1.77. The lowest BCUT2D eigenvalue weighted by Crippen LogP contribution is -2.25. The normalized spacial score (nSPS) is 11.6. The Balaban J connectivity index is 2.86. The molecule has 0 radical (unpaired) electrons. The van der Waals surface area contributed by atoms with E-state index in [1.54, 1.807) is 18.2 Å². The number of carboxylic acids is 1. The molecule has 0 aromatic heterocycles. The second-order valence-corrected chi connectivity index (χ2v) is 4.57. The van der Waals surface area contributed by atoms with Gasteiger partial charge in [-0.15, -0.1) is 0 Å². The van der Waals surface area contributed by atoms with Crippen LogP contribution in [-0.2, 0) is 16.1 Å². The molecule has 0 saturated heterocycles. The summed E-state index contributed by atoms with van der Waals surface area (Å²) in [5.41, 5.74) is 0.808. The smallest absolute Gasteiger partial charge is 0.331 e. The molecule has 6 heteroatoms. The molecule has 1 rings (SSSR count). The average Bonchev–Trinajstić information content (AvgIpc) is 2.43. The van der Waals surface area contributed by atoms with E-state index in [0.29, 0.717) is 16.3 Å². The van der Waals surface area contributed by atoms with E-state index >= 15 is 0 Å². The second-order valence-electron chi connectivity index (χ2n) is 4.16. The summed E-state index contributed by atoms with van der Waals surface area (Å²) >= 11 is 6.05. The number of halogens is 1. The molecule has 1 aromatic rings. The highest BCUT2D eigenvalue weighted by atomic mass is 35.5. The molecular formula is C14H16ClNO4. The Morgan fingerprint density at radius 1 is 1.30 bits per heavy atom. The molecule has 0 fully saturated rings. The van der Waals surface area contributed by atoms with Crippen LogP contribution in [-0.4, -0.2) is 24.1 Å². The van der Waals surface area contributed by atoms with Crippen molar-refractivity contribution in [3.05, 3.63) is 39.9 Å². The number of aliphatic carboxylic acids is 1. The first-order chi connectivity index (χ1) is 9.38. The van der Waals surface area contributed by atoms with Gasteiger partial charge in [-0.2, -0.15) is 0 Å². The maximum absolute atomic E-state index is 11.9. The van der Waals surface area contributed by atoms with Gasteiger partial charge in [0.1, 0.15) is 5.75 Å². The van der Waals surface area contributed by atoms with Crippen molar-refractivity contribution in [3.63, 3.8) is 0 Å². The molecule has 0 spiro atoms. The zero-order chi connectivity index (χ0) is 15.3. The van der Waals surface area contributed by atoms with E-state index < -0.39 is 11.9 Å². The molecule has 20 heavy (non-hydrogen) atoms. The van der Waals surface area contributed by atoms with Gasteiger partial charge in [-0.3, -0.25) is 4.79 Å². The van der Waals surface area contributed by atoms with Crippen LogP contribution in [0.15, 0.2) is 29.3 Å². The zero-order valence-corrected chi connectivity index (χ0v) is 12.2. The highest BCUT2D eigenvalue weighted by molar-refractivity contribution is 6.31. The number of hydrogen-bond acceptors (Lipinski definition) is 3. The van der Waals surface area contributed by atoms with Crippen molar-refractivity contribution in [3.8, 4) is 5.75 Å². The molecule has 0 unspecified atom stereocenters. The summed E-state index contributed by atoms with van der Waals surface area (Å²) in [6, 6.07) is 5.17. The number of methoxy groups -OCH3 is 1. The molecule has 0 atom stereocenters. The van der Waals surface area contributed by atoms with E-state index in [0.717, 1.165) is 0 Å². The predicted octanol–water partition coefficient (Wildman–Crippen LogP) is 2.39. The van der Waals surface area contributed by atoms with Crippen LogP contribution in [0.3, 0.4) is 0 Å². The topological polar surface area (TPSA) is 75.6 Å². The summed E-state index contributed by atoms with van der Waals surface area (Å²) in [6.45, 7) is 3.00. The van der Waals surface area contributed by atoms with Crippen LogP contribution in [0.4, 0.5) is 0 Å². The standard InChI is InChI=1S/C14H16ClNO4/c1-8(9(2)14(18)19)13(17)16-7-10-11(15)5-4-6-12(10)20-3/h4-6H,7H2,1-3H3,(H,16,17)(H,18,19)/b9-8-. The first-order valence-electron chi connectivity index (χ1n) is 5.88. The third-order valence-corrected chi connectivity index (χ3v) is 3.30. The van der Waals surface area contributed by atoms with Crippen molar-refractivity contribution < 1.29 is 19.4 Å². The fourth-order valence-electron chi connectivity index (χ4n) is 1.53. The van der Waals surface area contributed by atoms with Gasteiger partial charge in [0, 0.05) is 28.3 Å². The first kappa shape index (κ1) is 16.0. The minimum Gasteiger partial charge on any atom is -0.496 e. The Labute approximate surface area is 122 Å². The van der Waals surface area contributed by atoms with Crippen LogP contribution in [0.2, 0.25) is 5.02 Å². The molecule has 0 heterocycles. The molecule has 1 amide bonds. The van der Waals surface area contributed by atoms with Crippen molar-refractivity contribution in [1.82, 2.24) is 5.32 Å². The summed E-state index contributed by atoms with van der Waals surface area (Å²) in [4.78, 5) is 22.7. The minimum absolute atomic E-state index is 0.00798. The second kappa shape index (κ2) is 6.96. The number of carbonyl (C=O) groups is 2. The summed E-state index contributed by atoms with van der Waals surface area (Å²) in [5.74, 6) is -1.01. The van der Waals surface area contributed by atoms with Crippen molar-refractivity contribution >= 4 is 23.5 Å². The first-order valence-corrected chi connectivity index (χ1v) is 6.26. The molecule has 1 aromatic carbocycles. The van der Waals surface area contributed by atoms with Gasteiger partial charge < -0.3 is 15.2 Å². The number of hydrogen-bond donors (Lipinski definition) is 2. The van der Waals surface area contributed by atoms with E-state index in [4.69, 9.17) is 21.4 Å². The van der Waals surface area contributed by atoms with Gasteiger partial charge in [0.2, 0.25) is 5.91 Å². The Bertz CT molecular complexity index is 566. The zero-order valence-electron chi connectivity index (χ0n) is 11.5. The van der Waals surface area contributed by atoms with Gasteiger partial charge in [0.15, 0.2) is 0 Å². The maximum Gasteiger partial charge on any atom is 0.331 e.